The standard InChI is InChI=1S/C32H31N3O5/c36-21-23-10-12-28-30(19-23)40-32(39)34(28)15-5-4-6-22-9-11-27(26(18-22)24-7-2-1-3-8-24)35(31(37)38)29-20-33-16-13-25(29)14-17-33/h1-4,6-12,18-19,21,25,29H,5,13-17,20H2,(H,37,38)/b6-4+/t29-/m0/s1. The van der Waals surface area contributed by atoms with E-state index in [1.807, 2.05) is 60.7 Å². The van der Waals surface area contributed by atoms with Gasteiger partial charge >= 0.3 is 11.8 Å². The number of carbonyl (C=O) groups is 2. The van der Waals surface area contributed by atoms with E-state index in [4.69, 9.17) is 4.42 Å². The number of benzene rings is 3. The normalized spacial score (nSPS) is 20.2. The Hall–Kier alpha value is -4.43. The summed E-state index contributed by atoms with van der Waals surface area (Å²) in [6.45, 7) is 3.29. The highest BCUT2D eigenvalue weighted by atomic mass is 16.4. The first-order valence-electron chi connectivity index (χ1n) is 13.7. The summed E-state index contributed by atoms with van der Waals surface area (Å²) in [6, 6.07) is 20.7. The van der Waals surface area contributed by atoms with Crippen LogP contribution in [-0.4, -0.2) is 52.6 Å². The van der Waals surface area contributed by atoms with Crippen molar-refractivity contribution in [3.63, 3.8) is 0 Å². The van der Waals surface area contributed by atoms with Crippen LogP contribution < -0.4 is 10.7 Å². The number of hydrogen-bond acceptors (Lipinski definition) is 5. The van der Waals surface area contributed by atoms with E-state index in [0.717, 1.165) is 55.5 Å². The first-order valence-corrected chi connectivity index (χ1v) is 13.7. The van der Waals surface area contributed by atoms with Crippen molar-refractivity contribution in [2.75, 3.05) is 24.5 Å². The maximum atomic E-state index is 12.7. The lowest BCUT2D eigenvalue weighted by molar-refractivity contribution is 0.0838. The highest BCUT2D eigenvalue weighted by molar-refractivity contribution is 5.94. The SMILES string of the molecule is O=Cc1ccc2c(c1)oc(=O)n2CC/C=C/c1ccc(N(C(=O)O)[C@H]2CN3CCC2CC3)c(-c2ccccc2)c1. The molecule has 0 saturated carbocycles. The predicted octanol–water partition coefficient (Wildman–Crippen LogP) is 5.76. The molecule has 1 aromatic heterocycles. The third-order valence-electron chi connectivity index (χ3n) is 8.18. The molecular formula is C32H31N3O5. The van der Waals surface area contributed by atoms with E-state index in [0.29, 0.717) is 41.2 Å². The zero-order chi connectivity index (χ0) is 27.6. The summed E-state index contributed by atoms with van der Waals surface area (Å²) < 4.78 is 6.87. The molecule has 1 N–H and O–H groups in total. The van der Waals surface area contributed by atoms with Crippen LogP contribution in [0.5, 0.6) is 0 Å². The Labute approximate surface area is 231 Å². The molecule has 4 heterocycles. The average molecular weight is 538 g/mol. The van der Waals surface area contributed by atoms with E-state index >= 15 is 0 Å². The van der Waals surface area contributed by atoms with Crippen molar-refractivity contribution in [2.24, 2.45) is 5.92 Å². The average Bonchev–Trinajstić information content (AvgIpc) is 3.30. The van der Waals surface area contributed by atoms with Crippen LogP contribution in [0.25, 0.3) is 28.3 Å². The quantitative estimate of drug-likeness (QED) is 0.287. The summed E-state index contributed by atoms with van der Waals surface area (Å²) in [6.07, 6.45) is 6.45. The first-order chi connectivity index (χ1) is 19.5. The second-order valence-electron chi connectivity index (χ2n) is 10.6. The Morgan fingerprint density at radius 1 is 1.02 bits per heavy atom. The molecule has 3 aliphatic rings. The molecule has 3 aromatic carbocycles. The molecule has 8 nitrogen and oxygen atoms in total. The topological polar surface area (TPSA) is 96.0 Å². The van der Waals surface area contributed by atoms with E-state index in [-0.39, 0.29) is 6.04 Å². The fourth-order valence-electron chi connectivity index (χ4n) is 6.16. The van der Waals surface area contributed by atoms with E-state index in [1.165, 1.54) is 0 Å². The van der Waals surface area contributed by atoms with Crippen LogP contribution in [0.3, 0.4) is 0 Å². The zero-order valence-corrected chi connectivity index (χ0v) is 22.1. The molecule has 3 fully saturated rings. The van der Waals surface area contributed by atoms with Crippen LogP contribution in [0.4, 0.5) is 10.5 Å². The number of allylic oxidation sites excluding steroid dienone is 1. The minimum absolute atomic E-state index is 0.0606. The van der Waals surface area contributed by atoms with Crippen molar-refractivity contribution >= 4 is 35.2 Å². The molecule has 0 radical (unpaired) electrons. The van der Waals surface area contributed by atoms with E-state index < -0.39 is 11.8 Å². The smallest absolute Gasteiger partial charge is 0.419 e. The van der Waals surface area contributed by atoms with Gasteiger partial charge in [-0.05, 0) is 79.7 Å². The third-order valence-corrected chi connectivity index (χ3v) is 8.18. The number of amides is 1. The number of anilines is 1. The van der Waals surface area contributed by atoms with E-state index in [2.05, 4.69) is 4.90 Å². The summed E-state index contributed by atoms with van der Waals surface area (Å²) in [7, 11) is 0. The van der Waals surface area contributed by atoms with Gasteiger partial charge in [-0.3, -0.25) is 14.3 Å². The molecule has 0 spiro atoms. The number of aromatic nitrogens is 1. The van der Waals surface area contributed by atoms with Crippen LogP contribution in [0.15, 0.2) is 82.0 Å². The number of oxazole rings is 1. The lowest BCUT2D eigenvalue weighted by Crippen LogP contribution is -2.58. The maximum absolute atomic E-state index is 12.7. The minimum atomic E-state index is -0.919. The molecule has 8 heteroatoms. The summed E-state index contributed by atoms with van der Waals surface area (Å²) in [4.78, 5) is 40.0. The summed E-state index contributed by atoms with van der Waals surface area (Å²) in [5, 5.41) is 10.4. The minimum Gasteiger partial charge on any atom is -0.465 e. The molecule has 2 bridgehead atoms. The largest absolute Gasteiger partial charge is 0.465 e. The Morgan fingerprint density at radius 3 is 2.50 bits per heavy atom. The van der Waals surface area contributed by atoms with E-state index in [1.54, 1.807) is 27.7 Å². The van der Waals surface area contributed by atoms with Gasteiger partial charge in [0.1, 0.15) is 6.29 Å². The number of fused-ring (bicyclic) bond motifs is 4. The molecule has 0 aliphatic carbocycles. The van der Waals surface area contributed by atoms with Crippen molar-refractivity contribution in [1.29, 1.82) is 0 Å². The van der Waals surface area contributed by atoms with Gasteiger partial charge in [-0.1, -0.05) is 48.6 Å². The lowest BCUT2D eigenvalue weighted by Gasteiger charge is -2.48. The summed E-state index contributed by atoms with van der Waals surface area (Å²) in [5.41, 5.74) is 5.01. The molecule has 204 valence electrons. The van der Waals surface area contributed by atoms with Crippen molar-refractivity contribution in [3.05, 3.63) is 94.5 Å². The number of aldehydes is 1. The fourth-order valence-corrected chi connectivity index (χ4v) is 6.16. The Bertz CT molecular complexity index is 1630. The number of rotatable bonds is 8. The van der Waals surface area contributed by atoms with Crippen molar-refractivity contribution < 1.29 is 19.1 Å². The molecule has 3 aliphatic heterocycles. The highest BCUT2D eigenvalue weighted by Crippen LogP contribution is 2.38. The molecule has 7 rings (SSSR count). The van der Waals surface area contributed by atoms with Gasteiger partial charge < -0.3 is 14.4 Å². The molecule has 1 atom stereocenters. The van der Waals surface area contributed by atoms with Crippen molar-refractivity contribution in [3.8, 4) is 11.1 Å². The van der Waals surface area contributed by atoms with Crippen molar-refractivity contribution in [1.82, 2.24) is 9.47 Å². The number of piperidine rings is 3. The van der Waals surface area contributed by atoms with Gasteiger partial charge in [0.2, 0.25) is 0 Å². The number of carbonyl (C=O) groups excluding carboxylic acids is 1. The lowest BCUT2D eigenvalue weighted by atomic mass is 9.82. The van der Waals surface area contributed by atoms with Crippen molar-refractivity contribution in [2.45, 2.75) is 31.8 Å². The number of carboxylic acid groups (broad SMARTS) is 1. The first kappa shape index (κ1) is 25.8. The van der Waals surface area contributed by atoms with Gasteiger partial charge in [-0.2, -0.15) is 0 Å². The van der Waals surface area contributed by atoms with Crippen LogP contribution in [0.2, 0.25) is 0 Å². The maximum Gasteiger partial charge on any atom is 0.419 e. The van der Waals surface area contributed by atoms with E-state index in [9.17, 15) is 19.5 Å². The van der Waals surface area contributed by atoms with Gasteiger partial charge in [-0.15, -0.1) is 0 Å². The third kappa shape index (κ3) is 4.98. The van der Waals surface area contributed by atoms with Gasteiger partial charge in [0, 0.05) is 24.2 Å². The Morgan fingerprint density at radius 2 is 1.80 bits per heavy atom. The second kappa shape index (κ2) is 11.0. The van der Waals surface area contributed by atoms with Gasteiger partial charge in [0.15, 0.2) is 5.58 Å². The zero-order valence-electron chi connectivity index (χ0n) is 22.1. The molecule has 0 unspecified atom stereocenters. The van der Waals surface area contributed by atoms with Crippen LogP contribution >= 0.6 is 0 Å². The van der Waals surface area contributed by atoms with Gasteiger partial charge in [-0.25, -0.2) is 9.59 Å². The molecular weight excluding hydrogens is 506 g/mol. The Kier molecular flexibility index (Phi) is 7.09. The molecule has 40 heavy (non-hydrogen) atoms. The Balaban J connectivity index is 1.27. The molecule has 3 saturated heterocycles. The van der Waals surface area contributed by atoms with Gasteiger partial charge in [0.25, 0.3) is 0 Å². The molecule has 4 aromatic rings. The number of aryl methyl sites for hydroxylation is 1. The van der Waals surface area contributed by atoms with Crippen LogP contribution in [-0.2, 0) is 6.54 Å². The molecule has 1 amide bonds. The highest BCUT2D eigenvalue weighted by Gasteiger charge is 2.40. The summed E-state index contributed by atoms with van der Waals surface area (Å²) >= 11 is 0. The van der Waals surface area contributed by atoms with Crippen LogP contribution in [0.1, 0.15) is 35.2 Å². The van der Waals surface area contributed by atoms with Crippen LogP contribution in [0, 0.1) is 5.92 Å². The summed E-state index contributed by atoms with van der Waals surface area (Å²) in [5.74, 6) is -0.0830. The number of nitrogens with zero attached hydrogens (tertiary/aromatic N) is 3. The monoisotopic (exact) mass is 537 g/mol. The second-order valence-corrected chi connectivity index (χ2v) is 10.6. The van der Waals surface area contributed by atoms with Gasteiger partial charge in [0.05, 0.1) is 17.2 Å². The fraction of sp³-hybridized carbons (Fsp3) is 0.281. The number of hydrogen-bond donors (Lipinski definition) is 1. The predicted molar refractivity (Wildman–Crippen MR) is 155 cm³/mol.